The molecule has 0 aliphatic rings. The van der Waals surface area contributed by atoms with Crippen molar-refractivity contribution >= 4 is 0 Å². The third-order valence-corrected chi connectivity index (χ3v) is 1.97. The Balaban J connectivity index is 1.81. The molecule has 1 aromatic heterocycles. The largest absolute Gasteiger partial charge is 0.447 e. The molecule has 0 saturated carbocycles. The molecule has 0 unspecified atom stereocenters. The number of nitrogens with zero attached hydrogens (tertiary/aromatic N) is 1. The van der Waals surface area contributed by atoms with Crippen LogP contribution in [0.25, 0.3) is 0 Å². The van der Waals surface area contributed by atoms with E-state index in [0.29, 0.717) is 0 Å². The predicted molar refractivity (Wildman–Crippen MR) is 57.6 cm³/mol. The highest BCUT2D eigenvalue weighted by atomic mass is 16.5. The van der Waals surface area contributed by atoms with Crippen molar-refractivity contribution in [3.05, 3.63) is 18.4 Å². The second kappa shape index (κ2) is 8.40. The van der Waals surface area contributed by atoms with Crippen molar-refractivity contribution < 1.29 is 9.15 Å². The van der Waals surface area contributed by atoms with Crippen LogP contribution in [-0.2, 0) is 11.3 Å². The van der Waals surface area contributed by atoms with E-state index in [2.05, 4.69) is 15.6 Å². The summed E-state index contributed by atoms with van der Waals surface area (Å²) in [5.74, 6) is 0.877. The minimum atomic E-state index is 0.748. The van der Waals surface area contributed by atoms with E-state index < -0.39 is 0 Å². The van der Waals surface area contributed by atoms with Crippen LogP contribution in [-0.4, -0.2) is 38.3 Å². The number of oxazole rings is 1. The van der Waals surface area contributed by atoms with Gasteiger partial charge in [-0.2, -0.15) is 0 Å². The van der Waals surface area contributed by atoms with Gasteiger partial charge in [0.15, 0.2) is 6.39 Å². The molecule has 0 aliphatic carbocycles. The fraction of sp³-hybridized carbons (Fsp3) is 0.700. The zero-order chi connectivity index (χ0) is 10.8. The van der Waals surface area contributed by atoms with E-state index >= 15 is 0 Å². The molecule has 86 valence electrons. The first-order valence-electron chi connectivity index (χ1n) is 5.21. The first kappa shape index (κ1) is 12.2. The smallest absolute Gasteiger partial charge is 0.180 e. The molecule has 0 fully saturated rings. The Morgan fingerprint density at radius 2 is 2.20 bits per heavy atom. The van der Waals surface area contributed by atoms with Crippen LogP contribution in [0.5, 0.6) is 0 Å². The Kier molecular flexibility index (Phi) is 6.81. The van der Waals surface area contributed by atoms with Crippen LogP contribution < -0.4 is 10.6 Å². The van der Waals surface area contributed by atoms with Crippen molar-refractivity contribution in [1.29, 1.82) is 0 Å². The molecule has 1 rings (SSSR count). The van der Waals surface area contributed by atoms with Gasteiger partial charge < -0.3 is 19.8 Å². The molecule has 0 radical (unpaired) electrons. The number of hydrogen-bond donors (Lipinski definition) is 2. The average Bonchev–Trinajstić information content (AvgIpc) is 2.75. The number of hydrogen-bond acceptors (Lipinski definition) is 5. The molecule has 0 spiro atoms. The molecule has 0 aromatic carbocycles. The molecule has 5 nitrogen and oxygen atoms in total. The molecule has 0 saturated heterocycles. The van der Waals surface area contributed by atoms with Gasteiger partial charge in [0.2, 0.25) is 0 Å². The summed E-state index contributed by atoms with van der Waals surface area (Å²) in [6.07, 6.45) is 4.27. The first-order valence-corrected chi connectivity index (χ1v) is 5.21. The third kappa shape index (κ3) is 6.22. The maximum Gasteiger partial charge on any atom is 0.180 e. The van der Waals surface area contributed by atoms with E-state index in [1.807, 2.05) is 0 Å². The fourth-order valence-corrected chi connectivity index (χ4v) is 1.18. The van der Waals surface area contributed by atoms with E-state index in [0.717, 1.165) is 45.0 Å². The second-order valence-electron chi connectivity index (χ2n) is 3.24. The Hall–Kier alpha value is -0.910. The van der Waals surface area contributed by atoms with Crippen molar-refractivity contribution in [3.63, 3.8) is 0 Å². The average molecular weight is 213 g/mol. The van der Waals surface area contributed by atoms with Crippen LogP contribution in [0.15, 0.2) is 17.0 Å². The highest BCUT2D eigenvalue weighted by molar-refractivity contribution is 4.86. The molecule has 15 heavy (non-hydrogen) atoms. The summed E-state index contributed by atoms with van der Waals surface area (Å²) in [5.41, 5.74) is 0. The summed E-state index contributed by atoms with van der Waals surface area (Å²) in [7, 11) is 1.71. The Labute approximate surface area is 90.2 Å². The molecule has 0 amide bonds. The van der Waals surface area contributed by atoms with Gasteiger partial charge in [-0.25, -0.2) is 4.98 Å². The monoisotopic (exact) mass is 213 g/mol. The Morgan fingerprint density at radius 1 is 1.33 bits per heavy atom. The summed E-state index contributed by atoms with van der Waals surface area (Å²) < 4.78 is 10.0. The number of rotatable bonds is 9. The van der Waals surface area contributed by atoms with Crippen LogP contribution in [0.4, 0.5) is 0 Å². The van der Waals surface area contributed by atoms with Crippen molar-refractivity contribution in [2.75, 3.05) is 33.4 Å². The van der Waals surface area contributed by atoms with Crippen molar-refractivity contribution in [1.82, 2.24) is 15.6 Å². The van der Waals surface area contributed by atoms with Crippen molar-refractivity contribution in [3.8, 4) is 0 Å². The molecule has 0 aliphatic heterocycles. The summed E-state index contributed by atoms with van der Waals surface area (Å²) in [6.45, 7) is 4.41. The quantitative estimate of drug-likeness (QED) is 0.581. The van der Waals surface area contributed by atoms with E-state index in [4.69, 9.17) is 9.15 Å². The Bertz CT molecular complexity index is 227. The molecule has 1 heterocycles. The lowest BCUT2D eigenvalue weighted by molar-refractivity contribution is 0.199. The van der Waals surface area contributed by atoms with Gasteiger partial charge in [-0.15, -0.1) is 0 Å². The molecule has 5 heteroatoms. The first-order chi connectivity index (χ1) is 7.43. The van der Waals surface area contributed by atoms with E-state index in [-0.39, 0.29) is 0 Å². The van der Waals surface area contributed by atoms with E-state index in [9.17, 15) is 0 Å². The van der Waals surface area contributed by atoms with Gasteiger partial charge in [0.05, 0.1) is 19.3 Å². The van der Waals surface area contributed by atoms with Gasteiger partial charge in [0.1, 0.15) is 5.76 Å². The van der Waals surface area contributed by atoms with Gasteiger partial charge in [-0.3, -0.25) is 0 Å². The van der Waals surface area contributed by atoms with Gasteiger partial charge >= 0.3 is 0 Å². The third-order valence-electron chi connectivity index (χ3n) is 1.97. The van der Waals surface area contributed by atoms with Gasteiger partial charge in [0.25, 0.3) is 0 Å². The lowest BCUT2D eigenvalue weighted by atomic mass is 10.4. The maximum absolute atomic E-state index is 5.09. The van der Waals surface area contributed by atoms with Gasteiger partial charge in [0, 0.05) is 13.7 Å². The minimum Gasteiger partial charge on any atom is -0.447 e. The zero-order valence-electron chi connectivity index (χ0n) is 9.16. The molecule has 0 bridgehead atoms. The number of aromatic nitrogens is 1. The molecule has 1 aromatic rings. The maximum atomic E-state index is 5.09. The number of ether oxygens (including phenoxy) is 1. The number of nitrogens with one attached hydrogen (secondary N) is 2. The highest BCUT2D eigenvalue weighted by Gasteiger charge is 1.94. The second-order valence-corrected chi connectivity index (χ2v) is 3.24. The highest BCUT2D eigenvalue weighted by Crippen LogP contribution is 1.94. The van der Waals surface area contributed by atoms with E-state index in [1.165, 1.54) is 6.39 Å². The normalized spacial score (nSPS) is 10.7. The van der Waals surface area contributed by atoms with Crippen LogP contribution in [0.1, 0.15) is 12.2 Å². The van der Waals surface area contributed by atoms with Crippen LogP contribution in [0, 0.1) is 0 Å². The van der Waals surface area contributed by atoms with Crippen molar-refractivity contribution in [2.24, 2.45) is 0 Å². The summed E-state index contributed by atoms with van der Waals surface area (Å²) in [4.78, 5) is 3.84. The Morgan fingerprint density at radius 3 is 2.93 bits per heavy atom. The summed E-state index contributed by atoms with van der Waals surface area (Å²) >= 11 is 0. The molecular weight excluding hydrogens is 194 g/mol. The lowest BCUT2D eigenvalue weighted by Crippen LogP contribution is -2.24. The van der Waals surface area contributed by atoms with Crippen molar-refractivity contribution in [2.45, 2.75) is 13.0 Å². The SMILES string of the molecule is COCCNCCCNCc1cnco1. The molecular formula is C10H19N3O2. The van der Waals surface area contributed by atoms with Crippen LogP contribution in [0.2, 0.25) is 0 Å². The summed E-state index contributed by atoms with van der Waals surface area (Å²) in [6, 6.07) is 0. The minimum absolute atomic E-state index is 0.748. The lowest BCUT2D eigenvalue weighted by Gasteiger charge is -2.04. The van der Waals surface area contributed by atoms with Gasteiger partial charge in [-0.1, -0.05) is 0 Å². The molecule has 2 N–H and O–H groups in total. The zero-order valence-corrected chi connectivity index (χ0v) is 9.16. The fourth-order valence-electron chi connectivity index (χ4n) is 1.18. The summed E-state index contributed by atoms with van der Waals surface area (Å²) in [5, 5.41) is 6.55. The predicted octanol–water partition coefficient (Wildman–Crippen LogP) is 0.390. The molecule has 0 atom stereocenters. The number of methoxy groups -OCH3 is 1. The van der Waals surface area contributed by atoms with Crippen LogP contribution >= 0.6 is 0 Å². The topological polar surface area (TPSA) is 59.3 Å². The standard InChI is InChI=1S/C10H19N3O2/c1-14-6-5-11-3-2-4-12-7-10-8-13-9-15-10/h8-9,11-12H,2-7H2,1H3. The van der Waals surface area contributed by atoms with Crippen LogP contribution in [0.3, 0.4) is 0 Å². The van der Waals surface area contributed by atoms with E-state index in [1.54, 1.807) is 13.3 Å². The van der Waals surface area contributed by atoms with Gasteiger partial charge in [-0.05, 0) is 19.5 Å².